The van der Waals surface area contributed by atoms with Gasteiger partial charge in [-0.15, -0.1) is 0 Å². The van der Waals surface area contributed by atoms with E-state index < -0.39 is 9.84 Å². The van der Waals surface area contributed by atoms with Crippen LogP contribution in [0.25, 0.3) is 0 Å². The lowest BCUT2D eigenvalue weighted by molar-refractivity contribution is 0.578. The summed E-state index contributed by atoms with van der Waals surface area (Å²) in [7, 11) is -2.71. The Morgan fingerprint density at radius 3 is 2.27 bits per heavy atom. The molecule has 1 rings (SSSR count). The third kappa shape index (κ3) is 2.19. The number of rotatable bonds is 3. The van der Waals surface area contributed by atoms with E-state index in [2.05, 4.69) is 0 Å². The largest absolute Gasteiger partial charge is 0.229 e. The smallest absolute Gasteiger partial charge is 0.153 e. The van der Waals surface area contributed by atoms with Crippen LogP contribution in [0.5, 0.6) is 0 Å². The first kappa shape index (κ1) is 9.04. The molecule has 1 aliphatic carbocycles. The van der Waals surface area contributed by atoms with Gasteiger partial charge in [-0.25, -0.2) is 8.42 Å². The Hall–Kier alpha value is -0.0500. The van der Waals surface area contributed by atoms with Crippen molar-refractivity contribution in [1.82, 2.24) is 0 Å². The van der Waals surface area contributed by atoms with Gasteiger partial charge in [0.25, 0.3) is 0 Å². The minimum Gasteiger partial charge on any atom is -0.229 e. The van der Waals surface area contributed by atoms with Crippen LogP contribution in [-0.4, -0.2) is 19.4 Å². The van der Waals surface area contributed by atoms with Crippen molar-refractivity contribution in [1.29, 1.82) is 0 Å². The van der Waals surface area contributed by atoms with Crippen molar-refractivity contribution in [3.05, 3.63) is 0 Å². The molecular weight excluding hydrogens is 160 g/mol. The van der Waals surface area contributed by atoms with E-state index in [4.69, 9.17) is 0 Å². The first-order valence-corrected chi connectivity index (χ1v) is 6.10. The molecule has 0 N–H and O–H groups in total. The molecule has 1 saturated carbocycles. The average Bonchev–Trinajstić information content (AvgIpc) is 2.37. The second-order valence-electron chi connectivity index (χ2n) is 3.27. The fraction of sp³-hybridized carbons (Fsp3) is 1.00. The van der Waals surface area contributed by atoms with Crippen LogP contribution in [0.4, 0.5) is 0 Å². The van der Waals surface area contributed by atoms with E-state index in [1.807, 2.05) is 6.92 Å². The molecule has 0 aliphatic heterocycles. The summed E-state index contributed by atoms with van der Waals surface area (Å²) < 4.78 is 22.9. The monoisotopic (exact) mass is 176 g/mol. The Morgan fingerprint density at radius 1 is 1.27 bits per heavy atom. The van der Waals surface area contributed by atoms with Gasteiger partial charge in [-0.1, -0.05) is 19.8 Å². The summed E-state index contributed by atoms with van der Waals surface area (Å²) in [4.78, 5) is 0. The molecule has 3 heteroatoms. The van der Waals surface area contributed by atoms with Gasteiger partial charge in [0.05, 0.1) is 11.0 Å². The average molecular weight is 176 g/mol. The van der Waals surface area contributed by atoms with Gasteiger partial charge in [-0.3, -0.25) is 0 Å². The molecule has 1 aliphatic rings. The standard InChI is InChI=1S/C8H16O2S/c1-2-7-11(9,10)8-5-3-4-6-8/h8H,2-7H2,1H3. The second kappa shape index (κ2) is 3.57. The zero-order valence-electron chi connectivity index (χ0n) is 7.04. The van der Waals surface area contributed by atoms with Gasteiger partial charge in [0.2, 0.25) is 0 Å². The molecule has 1 fully saturated rings. The topological polar surface area (TPSA) is 34.1 Å². The van der Waals surface area contributed by atoms with E-state index in [1.54, 1.807) is 0 Å². The summed E-state index contributed by atoms with van der Waals surface area (Å²) in [6.07, 6.45) is 4.78. The van der Waals surface area contributed by atoms with Crippen LogP contribution in [0.2, 0.25) is 0 Å². The third-order valence-corrected chi connectivity index (χ3v) is 4.76. The minimum atomic E-state index is -2.71. The Balaban J connectivity index is 2.56. The van der Waals surface area contributed by atoms with Crippen LogP contribution in [-0.2, 0) is 9.84 Å². The lowest BCUT2D eigenvalue weighted by atomic mass is 10.4. The fourth-order valence-corrected chi connectivity index (χ4v) is 3.65. The lowest BCUT2D eigenvalue weighted by Gasteiger charge is -2.08. The molecule has 0 heterocycles. The summed E-state index contributed by atoms with van der Waals surface area (Å²) in [5.74, 6) is 0.387. The van der Waals surface area contributed by atoms with Gasteiger partial charge in [-0.2, -0.15) is 0 Å². The molecule has 0 saturated heterocycles. The van der Waals surface area contributed by atoms with E-state index in [1.165, 1.54) is 0 Å². The fourth-order valence-electron chi connectivity index (χ4n) is 1.70. The molecule has 0 aromatic rings. The van der Waals surface area contributed by atoms with E-state index in [0.29, 0.717) is 5.75 Å². The molecule has 0 bridgehead atoms. The molecule has 0 unspecified atom stereocenters. The van der Waals surface area contributed by atoms with Gasteiger partial charge < -0.3 is 0 Å². The highest BCUT2D eigenvalue weighted by Gasteiger charge is 2.27. The van der Waals surface area contributed by atoms with Gasteiger partial charge in [0.15, 0.2) is 9.84 Å². The van der Waals surface area contributed by atoms with E-state index in [-0.39, 0.29) is 5.25 Å². The van der Waals surface area contributed by atoms with Crippen molar-refractivity contribution in [2.24, 2.45) is 0 Å². The Morgan fingerprint density at radius 2 is 1.82 bits per heavy atom. The van der Waals surface area contributed by atoms with E-state index in [0.717, 1.165) is 32.1 Å². The van der Waals surface area contributed by atoms with Gasteiger partial charge >= 0.3 is 0 Å². The van der Waals surface area contributed by atoms with Crippen molar-refractivity contribution in [3.63, 3.8) is 0 Å². The van der Waals surface area contributed by atoms with Crippen LogP contribution in [0.3, 0.4) is 0 Å². The maximum Gasteiger partial charge on any atom is 0.153 e. The molecule has 0 radical (unpaired) electrons. The molecule has 0 amide bonds. The molecule has 2 nitrogen and oxygen atoms in total. The van der Waals surface area contributed by atoms with E-state index in [9.17, 15) is 8.42 Å². The summed E-state index contributed by atoms with van der Waals surface area (Å²) in [6.45, 7) is 1.92. The highest BCUT2D eigenvalue weighted by molar-refractivity contribution is 7.92. The summed E-state index contributed by atoms with van der Waals surface area (Å²) in [6, 6.07) is 0. The van der Waals surface area contributed by atoms with Gasteiger partial charge in [-0.05, 0) is 19.3 Å². The molecule has 11 heavy (non-hydrogen) atoms. The highest BCUT2D eigenvalue weighted by Crippen LogP contribution is 2.25. The van der Waals surface area contributed by atoms with Crippen LogP contribution in [0.1, 0.15) is 39.0 Å². The van der Waals surface area contributed by atoms with Crippen molar-refractivity contribution in [3.8, 4) is 0 Å². The number of hydrogen-bond acceptors (Lipinski definition) is 2. The zero-order chi connectivity index (χ0) is 8.32. The molecular formula is C8H16O2S. The maximum atomic E-state index is 11.4. The second-order valence-corrected chi connectivity index (χ2v) is 5.67. The summed E-state index contributed by atoms with van der Waals surface area (Å²) in [5, 5.41) is 0.00227. The van der Waals surface area contributed by atoms with Crippen molar-refractivity contribution in [2.75, 3.05) is 5.75 Å². The van der Waals surface area contributed by atoms with Crippen molar-refractivity contribution in [2.45, 2.75) is 44.3 Å². The Kier molecular flexibility index (Phi) is 2.93. The van der Waals surface area contributed by atoms with Gasteiger partial charge in [0, 0.05) is 0 Å². The van der Waals surface area contributed by atoms with Crippen molar-refractivity contribution >= 4 is 9.84 Å². The zero-order valence-corrected chi connectivity index (χ0v) is 7.86. The summed E-state index contributed by atoms with van der Waals surface area (Å²) >= 11 is 0. The first-order valence-electron chi connectivity index (χ1n) is 4.38. The minimum absolute atomic E-state index is 0.00227. The predicted molar refractivity (Wildman–Crippen MR) is 46.3 cm³/mol. The first-order chi connectivity index (χ1) is 5.17. The Bertz CT molecular complexity index is 200. The number of sulfone groups is 1. The van der Waals surface area contributed by atoms with Crippen LogP contribution >= 0.6 is 0 Å². The number of hydrogen-bond donors (Lipinski definition) is 0. The molecule has 0 atom stereocenters. The normalized spacial score (nSPS) is 20.8. The van der Waals surface area contributed by atoms with Crippen LogP contribution < -0.4 is 0 Å². The van der Waals surface area contributed by atoms with Crippen LogP contribution in [0.15, 0.2) is 0 Å². The molecule has 66 valence electrons. The molecule has 0 aromatic heterocycles. The lowest BCUT2D eigenvalue weighted by Crippen LogP contribution is -2.20. The maximum absolute atomic E-state index is 11.4. The van der Waals surface area contributed by atoms with Crippen molar-refractivity contribution < 1.29 is 8.42 Å². The highest BCUT2D eigenvalue weighted by atomic mass is 32.2. The van der Waals surface area contributed by atoms with E-state index >= 15 is 0 Å². The summed E-state index contributed by atoms with van der Waals surface area (Å²) in [5.41, 5.74) is 0. The predicted octanol–water partition coefficient (Wildman–Crippen LogP) is 1.75. The molecule has 0 aromatic carbocycles. The van der Waals surface area contributed by atoms with Crippen LogP contribution in [0, 0.1) is 0 Å². The SMILES string of the molecule is CCCS(=O)(=O)C1CCCC1. The molecule has 0 spiro atoms. The van der Waals surface area contributed by atoms with Gasteiger partial charge in [0.1, 0.15) is 0 Å². The quantitative estimate of drug-likeness (QED) is 0.656. The third-order valence-electron chi connectivity index (χ3n) is 2.30. The Labute approximate surface area is 68.9 Å².